The highest BCUT2D eigenvalue weighted by atomic mass is 35.5. The average molecular weight is 667 g/mol. The summed E-state index contributed by atoms with van der Waals surface area (Å²) in [5.74, 6) is 6.19. The molecule has 2 saturated heterocycles. The first-order valence-corrected chi connectivity index (χ1v) is 14.6. The Labute approximate surface area is 275 Å². The van der Waals surface area contributed by atoms with Gasteiger partial charge in [0, 0.05) is 43.3 Å². The van der Waals surface area contributed by atoms with Gasteiger partial charge in [-0.3, -0.25) is 14.6 Å². The van der Waals surface area contributed by atoms with E-state index in [9.17, 15) is 18.0 Å². The van der Waals surface area contributed by atoms with Crippen LogP contribution in [0.4, 0.5) is 13.2 Å². The molecule has 0 spiro atoms. The molecule has 0 aliphatic carbocycles. The third-order valence-corrected chi connectivity index (χ3v) is 8.34. The molecule has 0 radical (unpaired) electrons. The van der Waals surface area contributed by atoms with E-state index in [4.69, 9.17) is 9.47 Å². The Morgan fingerprint density at radius 1 is 0.978 bits per heavy atom. The van der Waals surface area contributed by atoms with Crippen molar-refractivity contribution in [1.29, 1.82) is 0 Å². The number of fused-ring (bicyclic) bond motifs is 1. The van der Waals surface area contributed by atoms with Gasteiger partial charge in [0.05, 0.1) is 39.0 Å². The van der Waals surface area contributed by atoms with Crippen LogP contribution >= 0.6 is 24.8 Å². The van der Waals surface area contributed by atoms with Crippen molar-refractivity contribution < 1.29 is 27.4 Å². The van der Waals surface area contributed by atoms with Crippen LogP contribution in [0.5, 0.6) is 5.75 Å². The van der Waals surface area contributed by atoms with Gasteiger partial charge in [-0.25, -0.2) is 0 Å². The smallest absolute Gasteiger partial charge is 0.416 e. The number of nitrogens with zero attached hydrogens (tertiary/aromatic N) is 3. The molecule has 1 amide bonds. The third kappa shape index (κ3) is 9.05. The summed E-state index contributed by atoms with van der Waals surface area (Å²) in [4.78, 5) is 20.1. The van der Waals surface area contributed by atoms with Gasteiger partial charge in [0.2, 0.25) is 0 Å². The predicted octanol–water partition coefficient (Wildman–Crippen LogP) is 6.19. The molecule has 2 aliphatic rings. The fraction of sp³-hybridized carbons (Fsp3) is 0.441. The molecule has 0 aromatic heterocycles. The first-order chi connectivity index (χ1) is 20.5. The molecule has 0 N–H and O–H groups in total. The summed E-state index contributed by atoms with van der Waals surface area (Å²) in [6.07, 6.45) is -4.03. The van der Waals surface area contributed by atoms with Crippen molar-refractivity contribution in [2.24, 2.45) is 0 Å². The van der Waals surface area contributed by atoms with Gasteiger partial charge in [-0.2, -0.15) is 13.2 Å². The molecule has 3 aromatic rings. The van der Waals surface area contributed by atoms with Crippen LogP contribution in [0.25, 0.3) is 10.8 Å². The van der Waals surface area contributed by atoms with Crippen LogP contribution in [0.2, 0.25) is 0 Å². The number of methoxy groups -OCH3 is 1. The zero-order valence-electron chi connectivity index (χ0n) is 25.7. The van der Waals surface area contributed by atoms with Crippen molar-refractivity contribution in [3.05, 3.63) is 77.4 Å². The number of hydrogen-bond donors (Lipinski definition) is 0. The molecule has 0 bridgehead atoms. The highest BCUT2D eigenvalue weighted by Crippen LogP contribution is 2.33. The van der Waals surface area contributed by atoms with Crippen molar-refractivity contribution in [3.8, 4) is 17.6 Å². The van der Waals surface area contributed by atoms with Crippen LogP contribution in [0.3, 0.4) is 0 Å². The van der Waals surface area contributed by atoms with E-state index >= 15 is 0 Å². The van der Waals surface area contributed by atoms with Crippen LogP contribution in [0.1, 0.15) is 35.3 Å². The third-order valence-electron chi connectivity index (χ3n) is 8.34. The maximum absolute atomic E-state index is 13.8. The minimum Gasteiger partial charge on any atom is -0.497 e. The van der Waals surface area contributed by atoms with Gasteiger partial charge in [-0.1, -0.05) is 54.3 Å². The monoisotopic (exact) mass is 665 g/mol. The SMILES string of the molecule is COc1cc(C(=O)N2CCN(CC#CCN3CCOCC3(C)C)C[C@H]2Cc2ccc3ccccc3c2)cc(C(F)(F)F)c1.Cl.Cl. The molecule has 1 atom stereocenters. The Kier molecular flexibility index (Phi) is 12.6. The molecular weight excluding hydrogens is 626 g/mol. The van der Waals surface area contributed by atoms with Crippen molar-refractivity contribution >= 4 is 41.5 Å². The van der Waals surface area contributed by atoms with Crippen molar-refractivity contribution in [2.45, 2.75) is 38.0 Å². The van der Waals surface area contributed by atoms with E-state index in [1.165, 1.54) is 13.2 Å². The maximum atomic E-state index is 13.8. The van der Waals surface area contributed by atoms with Crippen LogP contribution < -0.4 is 4.74 Å². The normalized spacial score (nSPS) is 18.7. The molecule has 45 heavy (non-hydrogen) atoms. The molecule has 0 unspecified atom stereocenters. The molecule has 2 fully saturated rings. The zero-order chi connectivity index (χ0) is 30.6. The van der Waals surface area contributed by atoms with Crippen LogP contribution in [0, 0.1) is 11.8 Å². The van der Waals surface area contributed by atoms with E-state index in [1.807, 2.05) is 12.1 Å². The quantitative estimate of drug-likeness (QED) is 0.294. The molecule has 5 rings (SSSR count). The fourth-order valence-corrected chi connectivity index (χ4v) is 5.82. The number of rotatable bonds is 6. The molecule has 244 valence electrons. The van der Waals surface area contributed by atoms with E-state index in [0.29, 0.717) is 52.4 Å². The number of hydrogen-bond acceptors (Lipinski definition) is 5. The summed E-state index contributed by atoms with van der Waals surface area (Å²) in [6, 6.07) is 17.3. The summed E-state index contributed by atoms with van der Waals surface area (Å²) in [5, 5.41) is 2.23. The largest absolute Gasteiger partial charge is 0.497 e. The van der Waals surface area contributed by atoms with Gasteiger partial charge < -0.3 is 14.4 Å². The standard InChI is InChI=1S/C34H38F3N3O3.2ClH/c1-33(2)24-43-17-16-39(33)13-7-6-12-38-14-15-40(32(41)28-20-29(34(35,36)37)22-31(21-28)42-3)30(23-38)19-25-10-11-26-8-4-5-9-27(26)18-25;;/h4-5,8-11,18,20-22,30H,12-17,19,23-24H2,1-3H3;2*1H/t30-;;/m1../s1. The summed E-state index contributed by atoms with van der Waals surface area (Å²) in [5.41, 5.74) is 0.0662. The Morgan fingerprint density at radius 3 is 2.42 bits per heavy atom. The molecule has 6 nitrogen and oxygen atoms in total. The Balaban J connectivity index is 0.00000276. The van der Waals surface area contributed by atoms with Gasteiger partial charge in [0.1, 0.15) is 5.75 Å². The Morgan fingerprint density at radius 2 is 1.71 bits per heavy atom. The fourth-order valence-electron chi connectivity index (χ4n) is 5.82. The van der Waals surface area contributed by atoms with Gasteiger partial charge in [-0.05, 0) is 54.8 Å². The number of halogens is 5. The average Bonchev–Trinajstić information content (AvgIpc) is 2.99. The number of alkyl halides is 3. The van der Waals surface area contributed by atoms with Gasteiger partial charge >= 0.3 is 6.18 Å². The first kappa shape index (κ1) is 36.5. The molecule has 3 aromatic carbocycles. The lowest BCUT2D eigenvalue weighted by atomic mass is 9.98. The minimum absolute atomic E-state index is 0. The highest BCUT2D eigenvalue weighted by Gasteiger charge is 2.35. The van der Waals surface area contributed by atoms with E-state index in [0.717, 1.165) is 35.0 Å². The van der Waals surface area contributed by atoms with Gasteiger partial charge in [0.15, 0.2) is 0 Å². The van der Waals surface area contributed by atoms with E-state index in [1.54, 1.807) is 4.90 Å². The first-order valence-electron chi connectivity index (χ1n) is 14.6. The summed E-state index contributed by atoms with van der Waals surface area (Å²) >= 11 is 0. The second kappa shape index (κ2) is 15.5. The van der Waals surface area contributed by atoms with Gasteiger partial charge in [0.25, 0.3) is 5.91 Å². The number of morpholine rings is 1. The number of carbonyl (C=O) groups excluding carboxylic acids is 1. The topological polar surface area (TPSA) is 45.2 Å². The zero-order valence-corrected chi connectivity index (χ0v) is 27.4. The summed E-state index contributed by atoms with van der Waals surface area (Å²) < 4.78 is 51.6. The maximum Gasteiger partial charge on any atom is 0.416 e. The molecule has 11 heteroatoms. The Hall–Kier alpha value is -3.00. The summed E-state index contributed by atoms with van der Waals surface area (Å²) in [7, 11) is 1.30. The lowest BCUT2D eigenvalue weighted by molar-refractivity contribution is -0.137. The molecular formula is C34H40Cl2F3N3O3. The van der Waals surface area contributed by atoms with Crippen molar-refractivity contribution in [1.82, 2.24) is 14.7 Å². The van der Waals surface area contributed by atoms with Crippen molar-refractivity contribution in [2.75, 3.05) is 59.6 Å². The number of amides is 1. The molecule has 2 heterocycles. The number of benzene rings is 3. The van der Waals surface area contributed by atoms with E-state index in [-0.39, 0.29) is 47.7 Å². The Bertz CT molecular complexity index is 1520. The highest BCUT2D eigenvalue weighted by molar-refractivity contribution is 5.95. The minimum atomic E-state index is -4.60. The molecule has 0 saturated carbocycles. The number of piperazine rings is 1. The summed E-state index contributed by atoms with van der Waals surface area (Å²) in [6.45, 7) is 9.27. The second-order valence-corrected chi connectivity index (χ2v) is 11.9. The van der Waals surface area contributed by atoms with Gasteiger partial charge in [-0.15, -0.1) is 24.8 Å². The number of ether oxygens (including phenoxy) is 2. The van der Waals surface area contributed by atoms with Crippen molar-refractivity contribution in [3.63, 3.8) is 0 Å². The van der Waals surface area contributed by atoms with Crippen LogP contribution in [0.15, 0.2) is 60.7 Å². The van der Waals surface area contributed by atoms with E-state index < -0.39 is 17.6 Å². The lowest BCUT2D eigenvalue weighted by Gasteiger charge is -2.41. The lowest BCUT2D eigenvalue weighted by Crippen LogP contribution is -2.56. The van der Waals surface area contributed by atoms with Crippen LogP contribution in [-0.2, 0) is 17.3 Å². The van der Waals surface area contributed by atoms with E-state index in [2.05, 4.69) is 65.8 Å². The van der Waals surface area contributed by atoms with Crippen LogP contribution in [-0.4, -0.2) is 91.8 Å². The predicted molar refractivity (Wildman–Crippen MR) is 176 cm³/mol. The number of carbonyl (C=O) groups is 1. The molecule has 2 aliphatic heterocycles. The second-order valence-electron chi connectivity index (χ2n) is 11.9.